The van der Waals surface area contributed by atoms with Gasteiger partial charge in [0.25, 0.3) is 0 Å². The zero-order chi connectivity index (χ0) is 19.1. The van der Waals surface area contributed by atoms with Gasteiger partial charge >= 0.3 is 0 Å². The molecule has 0 spiro atoms. The highest BCUT2D eigenvalue weighted by Gasteiger charge is 2.38. The van der Waals surface area contributed by atoms with Gasteiger partial charge in [-0.15, -0.1) is 0 Å². The first-order valence-corrected chi connectivity index (χ1v) is 9.63. The Hall–Kier alpha value is -2.34. The fourth-order valence-electron chi connectivity index (χ4n) is 3.90. The molecule has 1 saturated heterocycles. The predicted octanol–water partition coefficient (Wildman–Crippen LogP) is 3.14. The van der Waals surface area contributed by atoms with E-state index in [2.05, 4.69) is 5.16 Å². The summed E-state index contributed by atoms with van der Waals surface area (Å²) in [5, 5.41) is 4.87. The Bertz CT molecular complexity index is 875. The number of benzene rings is 1. The summed E-state index contributed by atoms with van der Waals surface area (Å²) in [6.45, 7) is 5.50. The van der Waals surface area contributed by atoms with Crippen LogP contribution >= 0.6 is 11.6 Å². The van der Waals surface area contributed by atoms with Crippen molar-refractivity contribution >= 4 is 23.4 Å². The van der Waals surface area contributed by atoms with E-state index < -0.39 is 0 Å². The molecule has 1 atom stereocenters. The molecule has 3 heterocycles. The molecule has 0 saturated carbocycles. The highest BCUT2D eigenvalue weighted by molar-refractivity contribution is 6.30. The van der Waals surface area contributed by atoms with Crippen LogP contribution in [0.2, 0.25) is 5.02 Å². The first kappa shape index (κ1) is 18.0. The average Bonchev–Trinajstić information content (AvgIpc) is 3.25. The van der Waals surface area contributed by atoms with Crippen LogP contribution in [0.15, 0.2) is 28.8 Å². The van der Waals surface area contributed by atoms with E-state index in [0.29, 0.717) is 37.5 Å². The van der Waals surface area contributed by atoms with Gasteiger partial charge in [-0.1, -0.05) is 16.8 Å². The molecule has 0 bridgehead atoms. The number of aromatic nitrogens is 1. The van der Waals surface area contributed by atoms with Crippen LogP contribution in [0.3, 0.4) is 0 Å². The van der Waals surface area contributed by atoms with Crippen molar-refractivity contribution in [3.8, 4) is 11.3 Å². The number of nitrogens with zero attached hydrogens (tertiary/aromatic N) is 3. The first-order valence-electron chi connectivity index (χ1n) is 9.25. The summed E-state index contributed by atoms with van der Waals surface area (Å²) < 4.78 is 5.57. The van der Waals surface area contributed by atoms with Crippen LogP contribution in [-0.2, 0) is 22.6 Å². The molecule has 6 nitrogen and oxygen atoms in total. The van der Waals surface area contributed by atoms with E-state index in [0.717, 1.165) is 22.6 Å². The van der Waals surface area contributed by atoms with Crippen LogP contribution in [0.4, 0.5) is 0 Å². The van der Waals surface area contributed by atoms with Crippen molar-refractivity contribution < 1.29 is 14.1 Å². The number of likely N-dealkylation sites (tertiary alicyclic amines) is 1. The lowest BCUT2D eigenvalue weighted by molar-refractivity contribution is -0.136. The van der Waals surface area contributed by atoms with Crippen molar-refractivity contribution in [2.24, 2.45) is 5.92 Å². The molecule has 0 radical (unpaired) electrons. The maximum absolute atomic E-state index is 12.9. The third kappa shape index (κ3) is 3.34. The minimum Gasteiger partial charge on any atom is -0.356 e. The van der Waals surface area contributed by atoms with Gasteiger partial charge in [0.05, 0.1) is 12.5 Å². The summed E-state index contributed by atoms with van der Waals surface area (Å²) in [7, 11) is 0. The number of carbonyl (C=O) groups excluding carboxylic acids is 2. The molecule has 7 heteroatoms. The molecular formula is C20H22ClN3O3. The monoisotopic (exact) mass is 387 g/mol. The van der Waals surface area contributed by atoms with Gasteiger partial charge in [0.1, 0.15) is 5.69 Å². The van der Waals surface area contributed by atoms with E-state index in [4.69, 9.17) is 16.1 Å². The number of hydrogen-bond acceptors (Lipinski definition) is 4. The Labute approximate surface area is 163 Å². The third-order valence-corrected chi connectivity index (χ3v) is 5.64. The Kier molecular flexibility index (Phi) is 4.68. The van der Waals surface area contributed by atoms with Crippen molar-refractivity contribution in [2.45, 2.75) is 39.3 Å². The lowest BCUT2D eigenvalue weighted by Gasteiger charge is -2.28. The van der Waals surface area contributed by atoms with E-state index in [1.54, 1.807) is 9.80 Å². The zero-order valence-corrected chi connectivity index (χ0v) is 16.2. The van der Waals surface area contributed by atoms with E-state index in [1.807, 2.05) is 38.1 Å². The van der Waals surface area contributed by atoms with E-state index >= 15 is 0 Å². The first-order chi connectivity index (χ1) is 12.9. The van der Waals surface area contributed by atoms with Crippen LogP contribution in [0.5, 0.6) is 0 Å². The fraction of sp³-hybridized carbons (Fsp3) is 0.450. The number of rotatable bonds is 3. The molecule has 0 aliphatic carbocycles. The lowest BCUT2D eigenvalue weighted by atomic mass is 9.99. The Balaban J connectivity index is 1.49. The minimum atomic E-state index is -0.260. The van der Waals surface area contributed by atoms with Gasteiger partial charge in [0.15, 0.2) is 5.76 Å². The van der Waals surface area contributed by atoms with Crippen molar-refractivity contribution in [2.75, 3.05) is 13.1 Å². The normalized spacial score (nSPS) is 19.7. The van der Waals surface area contributed by atoms with Gasteiger partial charge in [0, 0.05) is 41.7 Å². The highest BCUT2D eigenvalue weighted by atomic mass is 35.5. The molecule has 1 fully saturated rings. The summed E-state index contributed by atoms with van der Waals surface area (Å²) in [6, 6.07) is 7.58. The Morgan fingerprint density at radius 2 is 2.04 bits per heavy atom. The molecule has 1 aromatic carbocycles. The molecule has 1 aromatic heterocycles. The van der Waals surface area contributed by atoms with E-state index in [-0.39, 0.29) is 23.8 Å². The molecule has 2 amide bonds. The molecule has 2 aliphatic heterocycles. The summed E-state index contributed by atoms with van der Waals surface area (Å²) in [6.07, 6.45) is 0.992. The van der Waals surface area contributed by atoms with Crippen LogP contribution in [0, 0.1) is 5.92 Å². The summed E-state index contributed by atoms with van der Waals surface area (Å²) >= 11 is 5.95. The van der Waals surface area contributed by atoms with Crippen LogP contribution in [-0.4, -0.2) is 45.9 Å². The minimum absolute atomic E-state index is 0.0354. The molecule has 27 heavy (non-hydrogen) atoms. The molecular weight excluding hydrogens is 366 g/mol. The fourth-order valence-corrected chi connectivity index (χ4v) is 4.03. The van der Waals surface area contributed by atoms with Crippen molar-refractivity contribution in [1.82, 2.24) is 15.0 Å². The van der Waals surface area contributed by atoms with E-state index in [9.17, 15) is 9.59 Å². The molecule has 4 rings (SSSR count). The van der Waals surface area contributed by atoms with Gasteiger partial charge in [-0.2, -0.15) is 0 Å². The topological polar surface area (TPSA) is 66.7 Å². The number of halogens is 1. The SMILES string of the molecule is CC(C)N1CC(C(=O)N2CCc3c(noc3-c3ccc(Cl)cc3)C2)CC1=O. The van der Waals surface area contributed by atoms with Crippen LogP contribution in [0.25, 0.3) is 11.3 Å². The molecule has 1 unspecified atom stereocenters. The van der Waals surface area contributed by atoms with Crippen LogP contribution in [0.1, 0.15) is 31.5 Å². The molecule has 2 aromatic rings. The van der Waals surface area contributed by atoms with Crippen molar-refractivity contribution in [3.63, 3.8) is 0 Å². The second-order valence-corrected chi connectivity index (χ2v) is 7.93. The largest absolute Gasteiger partial charge is 0.356 e. The predicted molar refractivity (Wildman–Crippen MR) is 101 cm³/mol. The van der Waals surface area contributed by atoms with Crippen molar-refractivity contribution in [1.29, 1.82) is 0 Å². The Morgan fingerprint density at radius 1 is 1.30 bits per heavy atom. The number of amides is 2. The van der Waals surface area contributed by atoms with E-state index in [1.165, 1.54) is 0 Å². The quantitative estimate of drug-likeness (QED) is 0.811. The highest BCUT2D eigenvalue weighted by Crippen LogP contribution is 2.32. The number of fused-ring (bicyclic) bond motifs is 1. The van der Waals surface area contributed by atoms with Crippen LogP contribution < -0.4 is 0 Å². The van der Waals surface area contributed by atoms with Gasteiger partial charge in [-0.25, -0.2) is 0 Å². The van der Waals surface area contributed by atoms with Gasteiger partial charge in [-0.3, -0.25) is 9.59 Å². The molecule has 2 aliphatic rings. The zero-order valence-electron chi connectivity index (χ0n) is 15.4. The summed E-state index contributed by atoms with van der Waals surface area (Å²) in [5.74, 6) is 0.584. The summed E-state index contributed by atoms with van der Waals surface area (Å²) in [5.41, 5.74) is 2.78. The third-order valence-electron chi connectivity index (χ3n) is 5.39. The van der Waals surface area contributed by atoms with Crippen molar-refractivity contribution in [3.05, 3.63) is 40.5 Å². The number of hydrogen-bond donors (Lipinski definition) is 0. The second kappa shape index (κ2) is 7.00. The second-order valence-electron chi connectivity index (χ2n) is 7.49. The summed E-state index contributed by atoms with van der Waals surface area (Å²) in [4.78, 5) is 28.6. The molecule has 142 valence electrons. The smallest absolute Gasteiger partial charge is 0.228 e. The van der Waals surface area contributed by atoms with Gasteiger partial charge < -0.3 is 14.3 Å². The number of carbonyl (C=O) groups is 2. The lowest BCUT2D eigenvalue weighted by Crippen LogP contribution is -2.41. The van der Waals surface area contributed by atoms with Gasteiger partial charge in [-0.05, 0) is 44.5 Å². The maximum atomic E-state index is 12.9. The maximum Gasteiger partial charge on any atom is 0.228 e. The molecule has 0 N–H and O–H groups in total. The average molecular weight is 388 g/mol. The van der Waals surface area contributed by atoms with Gasteiger partial charge in [0.2, 0.25) is 11.8 Å². The Morgan fingerprint density at radius 3 is 2.70 bits per heavy atom. The standard InChI is InChI=1S/C20H22ClN3O3/c1-12(2)24-10-14(9-18(24)25)20(26)23-8-7-16-17(11-23)22-27-19(16)13-3-5-15(21)6-4-13/h3-6,12,14H,7-11H2,1-2H3.